The van der Waals surface area contributed by atoms with E-state index >= 15 is 0 Å². The number of ether oxygens (including phenoxy) is 1. The smallest absolute Gasteiger partial charge is 0.257 e. The fourth-order valence-electron chi connectivity index (χ4n) is 4.08. The molecular formula is C20H24ClN3O2. The summed E-state index contributed by atoms with van der Waals surface area (Å²) in [7, 11) is 0. The average molecular weight is 374 g/mol. The Morgan fingerprint density at radius 3 is 2.81 bits per heavy atom. The molecule has 1 atom stereocenters. The van der Waals surface area contributed by atoms with Gasteiger partial charge >= 0.3 is 0 Å². The molecule has 6 heteroatoms. The van der Waals surface area contributed by atoms with E-state index in [1.807, 2.05) is 40.8 Å². The number of aromatic nitrogens is 2. The first kappa shape index (κ1) is 17.6. The molecule has 2 fully saturated rings. The van der Waals surface area contributed by atoms with Gasteiger partial charge in [-0.15, -0.1) is 0 Å². The predicted octanol–water partition coefficient (Wildman–Crippen LogP) is 4.17. The minimum absolute atomic E-state index is 0.0344. The van der Waals surface area contributed by atoms with Gasteiger partial charge in [0.25, 0.3) is 5.91 Å². The lowest BCUT2D eigenvalue weighted by Gasteiger charge is -2.33. The summed E-state index contributed by atoms with van der Waals surface area (Å²) >= 11 is 6.31. The van der Waals surface area contributed by atoms with Crippen LogP contribution < -0.4 is 0 Å². The number of nitrogens with zero attached hydrogens (tertiary/aromatic N) is 3. The van der Waals surface area contributed by atoms with Gasteiger partial charge in [-0.25, -0.2) is 0 Å². The van der Waals surface area contributed by atoms with E-state index in [1.165, 1.54) is 12.8 Å². The van der Waals surface area contributed by atoms with Gasteiger partial charge in [-0.2, -0.15) is 5.10 Å². The van der Waals surface area contributed by atoms with E-state index in [9.17, 15) is 4.79 Å². The van der Waals surface area contributed by atoms with Crippen LogP contribution in [-0.4, -0.2) is 40.3 Å². The van der Waals surface area contributed by atoms with Crippen molar-refractivity contribution in [2.45, 2.75) is 44.8 Å². The van der Waals surface area contributed by atoms with Gasteiger partial charge in [-0.1, -0.05) is 42.6 Å². The van der Waals surface area contributed by atoms with Crippen LogP contribution in [0.1, 0.15) is 59.4 Å². The van der Waals surface area contributed by atoms with E-state index in [4.69, 9.17) is 16.3 Å². The van der Waals surface area contributed by atoms with Gasteiger partial charge in [0.15, 0.2) is 0 Å². The minimum Gasteiger partial charge on any atom is -0.370 e. The molecule has 0 N–H and O–H groups in total. The molecule has 26 heavy (non-hydrogen) atoms. The molecule has 0 radical (unpaired) electrons. The summed E-state index contributed by atoms with van der Waals surface area (Å²) in [4.78, 5) is 15.0. The Bertz CT molecular complexity index is 798. The van der Waals surface area contributed by atoms with Crippen molar-refractivity contribution in [3.63, 3.8) is 0 Å². The summed E-state index contributed by atoms with van der Waals surface area (Å²) in [5, 5.41) is 5.20. The highest BCUT2D eigenvalue weighted by atomic mass is 35.5. The zero-order valence-corrected chi connectivity index (χ0v) is 15.8. The summed E-state index contributed by atoms with van der Waals surface area (Å²) in [6, 6.07) is 8.11. The fourth-order valence-corrected chi connectivity index (χ4v) is 4.34. The Labute approximate surface area is 158 Å². The first-order valence-corrected chi connectivity index (χ1v) is 9.72. The number of benzene rings is 1. The Hall–Kier alpha value is -1.85. The molecule has 1 aliphatic heterocycles. The van der Waals surface area contributed by atoms with E-state index in [0.717, 1.165) is 24.1 Å². The van der Waals surface area contributed by atoms with E-state index in [1.54, 1.807) is 6.20 Å². The van der Waals surface area contributed by atoms with Crippen molar-refractivity contribution in [3.05, 3.63) is 52.3 Å². The van der Waals surface area contributed by atoms with E-state index in [-0.39, 0.29) is 12.0 Å². The van der Waals surface area contributed by atoms with Crippen molar-refractivity contribution in [3.8, 4) is 0 Å². The van der Waals surface area contributed by atoms with Crippen molar-refractivity contribution < 1.29 is 9.53 Å². The third-order valence-electron chi connectivity index (χ3n) is 5.55. The lowest BCUT2D eigenvalue weighted by atomic mass is 10.1. The van der Waals surface area contributed by atoms with Crippen molar-refractivity contribution in [1.29, 1.82) is 0 Å². The summed E-state index contributed by atoms with van der Waals surface area (Å²) in [5.41, 5.74) is 2.62. The van der Waals surface area contributed by atoms with Crippen LogP contribution in [-0.2, 0) is 4.74 Å². The van der Waals surface area contributed by atoms with Crippen LogP contribution in [0.3, 0.4) is 0 Å². The molecule has 1 saturated carbocycles. The second-order valence-corrected chi connectivity index (χ2v) is 7.57. The molecule has 138 valence electrons. The van der Waals surface area contributed by atoms with Gasteiger partial charge in [0.1, 0.15) is 6.10 Å². The van der Waals surface area contributed by atoms with Gasteiger partial charge in [0, 0.05) is 22.8 Å². The molecule has 0 spiro atoms. The van der Waals surface area contributed by atoms with Gasteiger partial charge in [-0.3, -0.25) is 9.48 Å². The number of carbonyl (C=O) groups is 1. The molecule has 1 unspecified atom stereocenters. The quantitative estimate of drug-likeness (QED) is 0.811. The van der Waals surface area contributed by atoms with Crippen molar-refractivity contribution in [1.82, 2.24) is 14.7 Å². The van der Waals surface area contributed by atoms with Crippen LogP contribution in [0.5, 0.6) is 0 Å². The monoisotopic (exact) mass is 373 g/mol. The number of morpholine rings is 1. The first-order valence-electron chi connectivity index (χ1n) is 9.34. The Balaban J connectivity index is 1.52. The van der Waals surface area contributed by atoms with E-state index < -0.39 is 0 Å². The molecule has 1 amide bonds. The van der Waals surface area contributed by atoms with E-state index in [0.29, 0.717) is 36.3 Å². The molecule has 1 saturated heterocycles. The normalized spacial score (nSPS) is 21.3. The second-order valence-electron chi connectivity index (χ2n) is 7.16. The SMILES string of the molecule is Cc1c(C(=O)N2CCOC(c3ccccc3Cl)C2)cnn1C1CCCC1. The molecule has 1 aliphatic carbocycles. The number of carbonyl (C=O) groups excluding carboxylic acids is 1. The largest absolute Gasteiger partial charge is 0.370 e. The number of amides is 1. The van der Waals surface area contributed by atoms with Crippen molar-refractivity contribution in [2.24, 2.45) is 0 Å². The van der Waals surface area contributed by atoms with Crippen molar-refractivity contribution in [2.75, 3.05) is 19.7 Å². The standard InChI is InChI=1S/C20H24ClN3O2/c1-14-17(12-22-24(14)15-6-2-3-7-15)20(25)23-10-11-26-19(13-23)16-8-4-5-9-18(16)21/h4-5,8-9,12,15,19H,2-3,6-7,10-11,13H2,1H3. The Kier molecular flexibility index (Phi) is 5.00. The Morgan fingerprint density at radius 2 is 2.04 bits per heavy atom. The van der Waals surface area contributed by atoms with Gasteiger partial charge in [-0.05, 0) is 25.8 Å². The number of hydrogen-bond donors (Lipinski definition) is 0. The van der Waals surface area contributed by atoms with Crippen LogP contribution in [0.4, 0.5) is 0 Å². The maximum atomic E-state index is 13.1. The third kappa shape index (κ3) is 3.26. The first-order chi connectivity index (χ1) is 12.6. The average Bonchev–Trinajstić information content (AvgIpc) is 3.31. The highest BCUT2D eigenvalue weighted by molar-refractivity contribution is 6.31. The highest BCUT2D eigenvalue weighted by Crippen LogP contribution is 2.32. The summed E-state index contributed by atoms with van der Waals surface area (Å²) in [5.74, 6) is 0.0344. The molecule has 5 nitrogen and oxygen atoms in total. The van der Waals surface area contributed by atoms with Gasteiger partial charge in [0.05, 0.1) is 31.0 Å². The lowest BCUT2D eigenvalue weighted by Crippen LogP contribution is -2.42. The summed E-state index contributed by atoms with van der Waals surface area (Å²) in [6.45, 7) is 3.62. The van der Waals surface area contributed by atoms with Gasteiger partial charge < -0.3 is 9.64 Å². The zero-order chi connectivity index (χ0) is 18.1. The predicted molar refractivity (Wildman–Crippen MR) is 101 cm³/mol. The molecular weight excluding hydrogens is 350 g/mol. The number of halogens is 1. The Morgan fingerprint density at radius 1 is 1.27 bits per heavy atom. The van der Waals surface area contributed by atoms with Crippen LogP contribution in [0.15, 0.2) is 30.5 Å². The molecule has 1 aromatic carbocycles. The number of hydrogen-bond acceptors (Lipinski definition) is 3. The molecule has 2 heterocycles. The summed E-state index contributed by atoms with van der Waals surface area (Å²) < 4.78 is 7.93. The van der Waals surface area contributed by atoms with Crippen LogP contribution >= 0.6 is 11.6 Å². The number of rotatable bonds is 3. The molecule has 1 aromatic heterocycles. The highest BCUT2D eigenvalue weighted by Gasteiger charge is 2.30. The van der Waals surface area contributed by atoms with Gasteiger partial charge in [0.2, 0.25) is 0 Å². The van der Waals surface area contributed by atoms with Crippen LogP contribution in [0.2, 0.25) is 5.02 Å². The fraction of sp³-hybridized carbons (Fsp3) is 0.500. The molecule has 2 aromatic rings. The minimum atomic E-state index is -0.188. The maximum Gasteiger partial charge on any atom is 0.257 e. The van der Waals surface area contributed by atoms with Crippen LogP contribution in [0, 0.1) is 6.92 Å². The van der Waals surface area contributed by atoms with Crippen LogP contribution in [0.25, 0.3) is 0 Å². The molecule has 2 aliphatic rings. The third-order valence-corrected chi connectivity index (χ3v) is 5.90. The maximum absolute atomic E-state index is 13.1. The lowest BCUT2D eigenvalue weighted by molar-refractivity contribution is -0.0228. The summed E-state index contributed by atoms with van der Waals surface area (Å²) in [6.07, 6.45) is 6.35. The van der Waals surface area contributed by atoms with Crippen molar-refractivity contribution >= 4 is 17.5 Å². The van der Waals surface area contributed by atoms with E-state index in [2.05, 4.69) is 5.10 Å². The topological polar surface area (TPSA) is 47.4 Å². The zero-order valence-electron chi connectivity index (χ0n) is 15.0. The molecule has 4 rings (SSSR count). The molecule has 0 bridgehead atoms. The second kappa shape index (κ2) is 7.41.